The Morgan fingerprint density at radius 1 is 0.973 bits per heavy atom. The van der Waals surface area contributed by atoms with Crippen molar-refractivity contribution in [3.05, 3.63) is 59.7 Å². The highest BCUT2D eigenvalue weighted by Gasteiger charge is 2.41. The molecule has 0 spiro atoms. The molecule has 0 aliphatic heterocycles. The summed E-state index contributed by atoms with van der Waals surface area (Å²) < 4.78 is 13.1. The summed E-state index contributed by atoms with van der Waals surface area (Å²) in [5, 5.41) is 13.3. The second kappa shape index (κ2) is 12.2. The zero-order valence-electron chi connectivity index (χ0n) is 24.0. The molecule has 2 aromatic rings. The van der Waals surface area contributed by atoms with E-state index in [1.165, 1.54) is 22.3 Å². The molecule has 204 valence electrons. The van der Waals surface area contributed by atoms with Crippen molar-refractivity contribution in [1.29, 1.82) is 0 Å². The molecule has 2 aromatic carbocycles. The predicted octanol–water partition coefficient (Wildman–Crippen LogP) is 7.28. The quantitative estimate of drug-likeness (QED) is 0.163. The number of benzene rings is 2. The first-order chi connectivity index (χ1) is 17.3. The highest BCUT2D eigenvalue weighted by molar-refractivity contribution is 6.74. The van der Waals surface area contributed by atoms with Gasteiger partial charge >= 0.3 is 5.97 Å². The Kier molecular flexibility index (Phi) is 9.78. The number of hydrogen-bond acceptors (Lipinski definition) is 4. The number of fused-ring (bicyclic) bond motifs is 3. The third kappa shape index (κ3) is 7.32. The van der Waals surface area contributed by atoms with Gasteiger partial charge in [0.15, 0.2) is 8.32 Å². The second-order valence-electron chi connectivity index (χ2n) is 12.6. The molecule has 0 saturated carbocycles. The van der Waals surface area contributed by atoms with E-state index in [1.54, 1.807) is 6.92 Å². The van der Waals surface area contributed by atoms with Gasteiger partial charge in [-0.25, -0.2) is 0 Å². The molecule has 0 heterocycles. The molecule has 3 rings (SSSR count). The van der Waals surface area contributed by atoms with Crippen LogP contribution in [0.2, 0.25) is 18.1 Å². The lowest BCUT2D eigenvalue weighted by atomic mass is 9.93. The maximum atomic E-state index is 11.8. The summed E-state index contributed by atoms with van der Waals surface area (Å²) >= 11 is 0. The van der Waals surface area contributed by atoms with E-state index in [4.69, 9.17) is 9.16 Å². The summed E-state index contributed by atoms with van der Waals surface area (Å²) in [4.78, 5) is 11.8. The maximum absolute atomic E-state index is 11.8. The van der Waals surface area contributed by atoms with Crippen molar-refractivity contribution in [2.75, 3.05) is 13.3 Å². The van der Waals surface area contributed by atoms with Crippen LogP contribution in [-0.2, 0) is 14.0 Å². The maximum Gasteiger partial charge on any atom is 0.306 e. The van der Waals surface area contributed by atoms with Gasteiger partial charge in [0.05, 0.1) is 25.4 Å². The molecule has 2 N–H and O–H groups in total. The molecule has 1 aliphatic rings. The molecule has 0 amide bonds. The van der Waals surface area contributed by atoms with Gasteiger partial charge in [-0.3, -0.25) is 10.1 Å². The van der Waals surface area contributed by atoms with Crippen molar-refractivity contribution in [3.63, 3.8) is 0 Å². The van der Waals surface area contributed by atoms with Gasteiger partial charge in [0.2, 0.25) is 0 Å². The average molecular weight is 526 g/mol. The standard InChI is InChI=1S/C31H47NO4Si/c1-21(2)17-28(29(18-22(3)30(33)34)36-37(7,8)31(4,5)6)32-20-35-19-27-25-15-11-9-13-23(25)24-14-10-12-16-26(24)27/h9-16,21-22,27-29,32H,17-20H2,1-8H3,(H,33,34)/t22-,28?,29+/m1/s1. The number of aliphatic carboxylic acids is 1. The van der Waals surface area contributed by atoms with Crippen molar-refractivity contribution in [1.82, 2.24) is 5.32 Å². The molecule has 3 atom stereocenters. The molecule has 37 heavy (non-hydrogen) atoms. The molecule has 6 heteroatoms. The number of nitrogens with one attached hydrogen (secondary N) is 1. The van der Waals surface area contributed by atoms with Crippen LogP contribution < -0.4 is 5.32 Å². The minimum Gasteiger partial charge on any atom is -0.481 e. The summed E-state index contributed by atoms with van der Waals surface area (Å²) in [6.07, 6.45) is 1.19. The lowest BCUT2D eigenvalue weighted by Crippen LogP contribution is -2.52. The van der Waals surface area contributed by atoms with Crippen LogP contribution in [0.15, 0.2) is 48.5 Å². The Morgan fingerprint density at radius 2 is 1.51 bits per heavy atom. The number of carboxylic acid groups (broad SMARTS) is 1. The van der Waals surface area contributed by atoms with E-state index in [9.17, 15) is 9.90 Å². The topological polar surface area (TPSA) is 67.8 Å². The van der Waals surface area contributed by atoms with Crippen LogP contribution in [0.25, 0.3) is 11.1 Å². The Balaban J connectivity index is 1.72. The summed E-state index contributed by atoms with van der Waals surface area (Å²) in [6.45, 7) is 18.3. The molecular formula is C31H47NO4Si. The van der Waals surface area contributed by atoms with Gasteiger partial charge in [-0.1, -0.05) is 90.1 Å². The highest BCUT2D eigenvalue weighted by Crippen LogP contribution is 2.44. The summed E-state index contributed by atoms with van der Waals surface area (Å²) in [7, 11) is -2.11. The van der Waals surface area contributed by atoms with Crippen LogP contribution in [0.1, 0.15) is 71.4 Å². The molecule has 0 radical (unpaired) electrons. The fourth-order valence-corrected chi connectivity index (χ4v) is 6.33. The van der Waals surface area contributed by atoms with Crippen molar-refractivity contribution in [3.8, 4) is 11.1 Å². The first kappa shape index (κ1) is 29.6. The molecule has 0 bridgehead atoms. The van der Waals surface area contributed by atoms with Gasteiger partial charge in [0, 0.05) is 12.0 Å². The fraction of sp³-hybridized carbons (Fsp3) is 0.581. The van der Waals surface area contributed by atoms with Gasteiger partial charge in [-0.05, 0) is 59.1 Å². The molecule has 0 saturated heterocycles. The van der Waals surface area contributed by atoms with Crippen molar-refractivity contribution >= 4 is 14.3 Å². The fourth-order valence-electron chi connectivity index (χ4n) is 4.96. The lowest BCUT2D eigenvalue weighted by molar-refractivity contribution is -0.142. The van der Waals surface area contributed by atoms with Crippen molar-refractivity contribution < 1.29 is 19.1 Å². The third-order valence-corrected chi connectivity index (χ3v) is 12.6. The largest absolute Gasteiger partial charge is 0.481 e. The number of hydrogen-bond donors (Lipinski definition) is 2. The Morgan fingerprint density at radius 3 is 2.00 bits per heavy atom. The van der Waals surface area contributed by atoms with Crippen molar-refractivity contribution in [2.45, 2.75) is 90.6 Å². The van der Waals surface area contributed by atoms with E-state index in [-0.39, 0.29) is 23.1 Å². The summed E-state index contributed by atoms with van der Waals surface area (Å²) in [5.41, 5.74) is 5.22. The summed E-state index contributed by atoms with van der Waals surface area (Å²) in [5.74, 6) is -0.596. The van der Waals surface area contributed by atoms with Crippen LogP contribution in [0.5, 0.6) is 0 Å². The van der Waals surface area contributed by atoms with Gasteiger partial charge in [0.1, 0.15) is 0 Å². The first-order valence-electron chi connectivity index (χ1n) is 13.7. The monoisotopic (exact) mass is 525 g/mol. The number of rotatable bonds is 13. The Labute approximate surface area is 225 Å². The van der Waals surface area contributed by atoms with Crippen LogP contribution in [0.3, 0.4) is 0 Å². The van der Waals surface area contributed by atoms with Crippen LogP contribution in [-0.4, -0.2) is 44.9 Å². The van der Waals surface area contributed by atoms with E-state index in [2.05, 4.69) is 102 Å². The zero-order valence-corrected chi connectivity index (χ0v) is 25.0. The summed E-state index contributed by atoms with van der Waals surface area (Å²) in [6, 6.07) is 17.2. The molecule has 1 unspecified atom stereocenters. The average Bonchev–Trinajstić information content (AvgIpc) is 3.13. The Bertz CT molecular complexity index is 1000. The molecule has 5 nitrogen and oxygen atoms in total. The van der Waals surface area contributed by atoms with Crippen LogP contribution >= 0.6 is 0 Å². The number of carboxylic acids is 1. The molecular weight excluding hydrogens is 478 g/mol. The third-order valence-electron chi connectivity index (χ3n) is 8.13. The minimum atomic E-state index is -2.11. The van der Waals surface area contributed by atoms with E-state index >= 15 is 0 Å². The van der Waals surface area contributed by atoms with E-state index < -0.39 is 20.2 Å². The van der Waals surface area contributed by atoms with E-state index in [0.29, 0.717) is 25.7 Å². The zero-order chi connectivity index (χ0) is 27.4. The van der Waals surface area contributed by atoms with Crippen LogP contribution in [0.4, 0.5) is 0 Å². The lowest BCUT2D eigenvalue weighted by Gasteiger charge is -2.42. The van der Waals surface area contributed by atoms with Gasteiger partial charge in [0.25, 0.3) is 0 Å². The first-order valence-corrected chi connectivity index (χ1v) is 16.6. The molecule has 0 fully saturated rings. The second-order valence-corrected chi connectivity index (χ2v) is 17.3. The van der Waals surface area contributed by atoms with Crippen LogP contribution in [0, 0.1) is 11.8 Å². The van der Waals surface area contributed by atoms with Gasteiger partial charge in [-0.2, -0.15) is 0 Å². The predicted molar refractivity (Wildman–Crippen MR) is 154 cm³/mol. The Hall–Kier alpha value is -1.99. The van der Waals surface area contributed by atoms with Crippen molar-refractivity contribution in [2.24, 2.45) is 11.8 Å². The highest BCUT2D eigenvalue weighted by atomic mass is 28.4. The SMILES string of the molecule is CC(C)CC(NCOCC1c2ccccc2-c2ccccc21)[C@H](C[C@@H](C)C(=O)O)O[Si](C)(C)C(C)(C)C. The van der Waals surface area contributed by atoms with E-state index in [1.807, 2.05) is 0 Å². The molecule has 0 aromatic heterocycles. The van der Waals surface area contributed by atoms with E-state index in [0.717, 1.165) is 6.42 Å². The number of carbonyl (C=O) groups is 1. The smallest absolute Gasteiger partial charge is 0.306 e. The normalized spacial score (nSPS) is 16.4. The minimum absolute atomic E-state index is 0.0130. The van der Waals surface area contributed by atoms with Gasteiger partial charge in [-0.15, -0.1) is 0 Å². The van der Waals surface area contributed by atoms with Gasteiger partial charge < -0.3 is 14.3 Å². The molecule has 1 aliphatic carbocycles. The number of ether oxygens (including phenoxy) is 1.